The van der Waals surface area contributed by atoms with Crippen molar-refractivity contribution in [3.63, 3.8) is 0 Å². The van der Waals surface area contributed by atoms with Crippen LogP contribution in [0.2, 0.25) is 0 Å². The Balaban J connectivity index is 1.49. The number of carbonyl (C=O) groups is 2. The van der Waals surface area contributed by atoms with E-state index in [2.05, 4.69) is 5.32 Å². The Hall–Kier alpha value is -4.23. The van der Waals surface area contributed by atoms with E-state index < -0.39 is 10.8 Å². The molecule has 1 aliphatic rings. The normalized spacial score (nSPS) is 14.4. The van der Waals surface area contributed by atoms with E-state index >= 15 is 0 Å². The molecule has 0 aliphatic carbocycles. The van der Waals surface area contributed by atoms with Crippen LogP contribution in [0, 0.1) is 0 Å². The molecule has 0 fully saturated rings. The highest BCUT2D eigenvalue weighted by Gasteiger charge is 2.31. The van der Waals surface area contributed by atoms with E-state index in [1.165, 1.54) is 0 Å². The van der Waals surface area contributed by atoms with E-state index in [0.717, 1.165) is 16.9 Å². The number of fused-ring (bicyclic) bond motifs is 2. The number of rotatable bonds is 6. The summed E-state index contributed by atoms with van der Waals surface area (Å²) in [6.45, 7) is 0.624. The number of methoxy groups -OCH3 is 1. The molecule has 0 radical (unpaired) electrons. The number of nitrogens with one attached hydrogen (secondary N) is 1. The zero-order valence-electron chi connectivity index (χ0n) is 19.6. The smallest absolute Gasteiger partial charge is 0.259 e. The molecule has 2 amide bonds. The second-order valence-electron chi connectivity index (χ2n) is 8.36. The maximum Gasteiger partial charge on any atom is 0.259 e. The predicted molar refractivity (Wildman–Crippen MR) is 139 cm³/mol. The minimum atomic E-state index is -1.57. The lowest BCUT2D eigenvalue weighted by Gasteiger charge is -2.23. The molecule has 0 saturated carbocycles. The number of nitrogens with zero attached hydrogens (tertiary/aromatic N) is 1. The van der Waals surface area contributed by atoms with Crippen LogP contribution in [0.3, 0.4) is 0 Å². The molecule has 0 saturated heterocycles. The first-order valence-electron chi connectivity index (χ1n) is 11.5. The zero-order valence-corrected chi connectivity index (χ0v) is 20.5. The van der Waals surface area contributed by atoms with E-state index in [-0.39, 0.29) is 18.4 Å². The monoisotopic (exact) mass is 496 g/mol. The van der Waals surface area contributed by atoms with Gasteiger partial charge < -0.3 is 15.0 Å². The van der Waals surface area contributed by atoms with Crippen LogP contribution < -0.4 is 15.0 Å². The third-order valence-electron chi connectivity index (χ3n) is 6.07. The Morgan fingerprint density at radius 1 is 0.861 bits per heavy atom. The molecule has 0 aromatic heterocycles. The van der Waals surface area contributed by atoms with Crippen LogP contribution in [0.1, 0.15) is 31.8 Å². The largest absolute Gasteiger partial charge is 0.497 e. The lowest BCUT2D eigenvalue weighted by molar-refractivity contribution is 0.0947. The molecule has 5 rings (SSSR count). The van der Waals surface area contributed by atoms with Crippen LogP contribution in [0.5, 0.6) is 5.75 Å². The van der Waals surface area contributed by atoms with E-state index in [4.69, 9.17) is 4.74 Å². The Kier molecular flexibility index (Phi) is 6.64. The highest BCUT2D eigenvalue weighted by molar-refractivity contribution is 7.85. The molecule has 0 unspecified atom stereocenters. The van der Waals surface area contributed by atoms with Crippen molar-refractivity contribution in [2.75, 3.05) is 12.0 Å². The van der Waals surface area contributed by atoms with E-state index in [1.54, 1.807) is 54.5 Å². The average molecular weight is 497 g/mol. The van der Waals surface area contributed by atoms with Gasteiger partial charge in [-0.2, -0.15) is 0 Å². The lowest BCUT2D eigenvalue weighted by atomic mass is 10.1. The summed E-state index contributed by atoms with van der Waals surface area (Å²) in [6, 6.07) is 29.0. The molecule has 36 heavy (non-hydrogen) atoms. The van der Waals surface area contributed by atoms with E-state index in [0.29, 0.717) is 33.2 Å². The summed E-state index contributed by atoms with van der Waals surface area (Å²) in [5.41, 5.74) is 3.10. The molecule has 0 spiro atoms. The maximum atomic E-state index is 13.7. The summed E-state index contributed by atoms with van der Waals surface area (Å²) in [5.74, 6) is 0.207. The van der Waals surface area contributed by atoms with E-state index in [9.17, 15) is 13.8 Å². The zero-order chi connectivity index (χ0) is 25.1. The predicted octanol–water partition coefficient (Wildman–Crippen LogP) is 4.95. The molecule has 7 heteroatoms. The maximum absolute atomic E-state index is 13.7. The topological polar surface area (TPSA) is 75.7 Å². The van der Waals surface area contributed by atoms with Crippen molar-refractivity contribution in [3.05, 3.63) is 119 Å². The van der Waals surface area contributed by atoms with Gasteiger partial charge in [-0.15, -0.1) is 0 Å². The minimum absolute atomic E-state index is 0.252. The molecule has 4 aromatic carbocycles. The van der Waals surface area contributed by atoms with Gasteiger partial charge >= 0.3 is 0 Å². The Bertz CT molecular complexity index is 1450. The van der Waals surface area contributed by atoms with Gasteiger partial charge in [-0.05, 0) is 53.6 Å². The quantitative estimate of drug-likeness (QED) is 0.410. The van der Waals surface area contributed by atoms with Crippen molar-refractivity contribution in [3.8, 4) is 5.75 Å². The molecule has 1 atom stereocenters. The van der Waals surface area contributed by atoms with Gasteiger partial charge in [-0.3, -0.25) is 9.59 Å². The fourth-order valence-electron chi connectivity index (χ4n) is 4.16. The summed E-state index contributed by atoms with van der Waals surface area (Å²) in [6.07, 6.45) is 0. The second kappa shape index (κ2) is 10.2. The van der Waals surface area contributed by atoms with Crippen LogP contribution in [0.25, 0.3) is 0 Å². The molecule has 180 valence electrons. The molecule has 1 heterocycles. The van der Waals surface area contributed by atoms with Gasteiger partial charge in [-0.25, -0.2) is 4.21 Å². The van der Waals surface area contributed by atoms with Gasteiger partial charge in [-0.1, -0.05) is 54.6 Å². The van der Waals surface area contributed by atoms with Crippen LogP contribution >= 0.6 is 0 Å². The first-order chi connectivity index (χ1) is 17.5. The van der Waals surface area contributed by atoms with Crippen LogP contribution in [0.15, 0.2) is 107 Å². The van der Waals surface area contributed by atoms with Crippen LogP contribution in [-0.2, 0) is 23.9 Å². The Morgan fingerprint density at radius 2 is 1.58 bits per heavy atom. The Morgan fingerprint density at radius 3 is 2.33 bits per heavy atom. The summed E-state index contributed by atoms with van der Waals surface area (Å²) in [4.78, 5) is 29.3. The van der Waals surface area contributed by atoms with E-state index in [1.807, 2.05) is 54.6 Å². The fourth-order valence-corrected chi connectivity index (χ4v) is 5.50. The average Bonchev–Trinajstić information content (AvgIpc) is 3.02. The van der Waals surface area contributed by atoms with Crippen molar-refractivity contribution in [1.82, 2.24) is 5.32 Å². The number of amides is 2. The van der Waals surface area contributed by atoms with Crippen molar-refractivity contribution >= 4 is 28.3 Å². The molecule has 1 aliphatic heterocycles. The molecule has 6 nitrogen and oxygen atoms in total. The number of ether oxygens (including phenoxy) is 1. The molecule has 1 N–H and O–H groups in total. The number of anilines is 1. The second-order valence-corrected chi connectivity index (χ2v) is 9.77. The van der Waals surface area contributed by atoms with Gasteiger partial charge in [0.15, 0.2) is 0 Å². The molecule has 0 bridgehead atoms. The summed E-state index contributed by atoms with van der Waals surface area (Å²) in [7, 11) is 0.0325. The van der Waals surface area contributed by atoms with Gasteiger partial charge in [0.2, 0.25) is 0 Å². The van der Waals surface area contributed by atoms with Gasteiger partial charge in [0.25, 0.3) is 11.8 Å². The number of hydrogen-bond acceptors (Lipinski definition) is 4. The summed E-state index contributed by atoms with van der Waals surface area (Å²) >= 11 is 0. The lowest BCUT2D eigenvalue weighted by Crippen LogP contribution is -2.31. The van der Waals surface area contributed by atoms with Crippen LogP contribution in [0.4, 0.5) is 5.69 Å². The van der Waals surface area contributed by atoms with Gasteiger partial charge in [0.05, 0.1) is 45.5 Å². The summed E-state index contributed by atoms with van der Waals surface area (Å²) < 4.78 is 18.7. The minimum Gasteiger partial charge on any atom is -0.497 e. The van der Waals surface area contributed by atoms with Gasteiger partial charge in [0, 0.05) is 12.1 Å². The van der Waals surface area contributed by atoms with Gasteiger partial charge in [0.1, 0.15) is 5.75 Å². The first-order valence-corrected chi connectivity index (χ1v) is 12.6. The van der Waals surface area contributed by atoms with Crippen LogP contribution in [-0.4, -0.2) is 23.1 Å². The molecular weight excluding hydrogens is 472 g/mol. The molecular formula is C29H24N2O4S. The summed E-state index contributed by atoms with van der Waals surface area (Å²) in [5, 5.41) is 2.92. The third-order valence-corrected chi connectivity index (χ3v) is 7.57. The Labute approximate surface area is 212 Å². The van der Waals surface area contributed by atoms with Crippen molar-refractivity contribution in [2.24, 2.45) is 0 Å². The molecule has 4 aromatic rings. The number of benzene rings is 4. The first kappa shape index (κ1) is 23.5. The number of carbonyl (C=O) groups excluding carboxylic acids is 2. The standard InChI is InChI=1S/C29H24N2O4S/c1-35-23-14-11-20(12-15-23)18-30-28(32)22-13-16-27-25(17-22)31(19-21-7-3-2-4-8-21)29(33)24-9-5-6-10-26(24)36(27)34/h2-17H,18-19H2,1H3,(H,30,32)/t36-/m0/s1. The SMILES string of the molecule is COc1ccc(CNC(=O)c2ccc3c(c2)N(Cc2ccccc2)C(=O)c2ccccc2[S@@]3=O)cc1. The highest BCUT2D eigenvalue weighted by Crippen LogP contribution is 2.36. The highest BCUT2D eigenvalue weighted by atomic mass is 32.2. The van der Waals surface area contributed by atoms with Crippen molar-refractivity contribution in [2.45, 2.75) is 22.9 Å². The fraction of sp³-hybridized carbons (Fsp3) is 0.103. The third kappa shape index (κ3) is 4.65. The number of hydrogen-bond donors (Lipinski definition) is 1. The van der Waals surface area contributed by atoms with Crippen molar-refractivity contribution in [1.29, 1.82) is 0 Å². The van der Waals surface area contributed by atoms with Crippen molar-refractivity contribution < 1.29 is 18.5 Å².